The van der Waals surface area contributed by atoms with E-state index in [1.165, 1.54) is 5.57 Å². The van der Waals surface area contributed by atoms with Crippen LogP contribution in [0.3, 0.4) is 0 Å². The van der Waals surface area contributed by atoms with Gasteiger partial charge in [0.15, 0.2) is 5.79 Å². The summed E-state index contributed by atoms with van der Waals surface area (Å²) in [6.07, 6.45) is 6.86. The molecule has 43 heavy (non-hydrogen) atoms. The molecule has 9 heteroatoms. The Labute approximate surface area is 253 Å². The van der Waals surface area contributed by atoms with Gasteiger partial charge in [-0.05, 0) is 67.4 Å². The summed E-state index contributed by atoms with van der Waals surface area (Å²) in [7, 11) is 0. The van der Waals surface area contributed by atoms with E-state index in [0.29, 0.717) is 37.9 Å². The number of carbonyl (C=O) groups is 2. The average Bonchev–Trinajstić information content (AvgIpc) is 3.26. The van der Waals surface area contributed by atoms with Gasteiger partial charge in [0.05, 0.1) is 18.8 Å². The fourth-order valence-electron chi connectivity index (χ4n) is 9.11. The van der Waals surface area contributed by atoms with E-state index in [4.69, 9.17) is 14.6 Å². The van der Waals surface area contributed by atoms with Crippen LogP contribution in [0.2, 0.25) is 0 Å². The first-order valence-corrected chi connectivity index (χ1v) is 16.0. The number of carbonyl (C=O) groups excluding carboxylic acids is 1. The second-order valence-electron chi connectivity index (χ2n) is 14.9. The molecule has 5 unspecified atom stereocenters. The maximum atomic E-state index is 14.5. The van der Waals surface area contributed by atoms with Gasteiger partial charge in [-0.1, -0.05) is 56.2 Å². The molecule has 6 atom stereocenters. The van der Waals surface area contributed by atoms with E-state index in [1.807, 2.05) is 12.1 Å². The number of nitrogens with one attached hydrogen (secondary N) is 2. The molecule has 3 saturated carbocycles. The van der Waals surface area contributed by atoms with Gasteiger partial charge in [0, 0.05) is 36.1 Å². The summed E-state index contributed by atoms with van der Waals surface area (Å²) in [6.45, 7) is 7.03. The first-order valence-electron chi connectivity index (χ1n) is 16.0. The number of carboxylic acids is 1. The normalized spacial score (nSPS) is 35.9. The van der Waals surface area contributed by atoms with Crippen LogP contribution in [-0.4, -0.2) is 60.0 Å². The summed E-state index contributed by atoms with van der Waals surface area (Å²) in [6, 6.07) is 7.69. The summed E-state index contributed by atoms with van der Waals surface area (Å²) in [5, 5.41) is 25.4. The maximum absolute atomic E-state index is 14.5. The average molecular weight is 599 g/mol. The van der Waals surface area contributed by atoms with Crippen LogP contribution in [0.5, 0.6) is 0 Å². The summed E-state index contributed by atoms with van der Waals surface area (Å²) < 4.78 is 27.4. The molecule has 4 fully saturated rings. The van der Waals surface area contributed by atoms with Gasteiger partial charge in [0.1, 0.15) is 13.2 Å². The van der Waals surface area contributed by atoms with E-state index in [0.717, 1.165) is 49.7 Å². The number of benzene rings is 1. The lowest BCUT2D eigenvalue weighted by Crippen LogP contribution is -2.54. The van der Waals surface area contributed by atoms with Crippen LogP contribution in [0.1, 0.15) is 89.2 Å². The number of urea groups is 1. The Balaban J connectivity index is 1.28. The quantitative estimate of drug-likeness (QED) is 0.324. The van der Waals surface area contributed by atoms with E-state index in [2.05, 4.69) is 43.5 Å². The smallest absolute Gasteiger partial charge is 0.323 e. The molecule has 8 nitrogen and oxygen atoms in total. The van der Waals surface area contributed by atoms with Gasteiger partial charge in [-0.25, -0.2) is 9.18 Å². The van der Waals surface area contributed by atoms with Crippen molar-refractivity contribution in [3.8, 4) is 0 Å². The zero-order valence-corrected chi connectivity index (χ0v) is 25.7. The Hall–Kier alpha value is -2.49. The number of alkyl halides is 1. The highest BCUT2D eigenvalue weighted by atomic mass is 19.1. The van der Waals surface area contributed by atoms with E-state index in [9.17, 15) is 19.1 Å². The highest BCUT2D eigenvalue weighted by Gasteiger charge is 2.63. The molecule has 1 aliphatic heterocycles. The third kappa shape index (κ3) is 5.50. The Bertz CT molecular complexity index is 1270. The monoisotopic (exact) mass is 598 g/mol. The predicted octanol–water partition coefficient (Wildman–Crippen LogP) is 5.45. The number of aliphatic carboxylic acids is 1. The minimum absolute atomic E-state index is 0.0280. The van der Waals surface area contributed by atoms with Crippen molar-refractivity contribution < 1.29 is 33.7 Å². The molecular formula is C34H47FN2O6. The summed E-state index contributed by atoms with van der Waals surface area (Å²) in [5.41, 5.74) is 3.35. The zero-order valence-electron chi connectivity index (χ0n) is 25.7. The van der Waals surface area contributed by atoms with Crippen molar-refractivity contribution in [1.29, 1.82) is 0 Å². The van der Waals surface area contributed by atoms with Crippen molar-refractivity contribution in [3.63, 3.8) is 0 Å². The molecule has 0 radical (unpaired) electrons. The van der Waals surface area contributed by atoms with E-state index >= 15 is 0 Å². The fraction of sp³-hybridized carbons (Fsp3) is 0.706. The highest BCUT2D eigenvalue weighted by Crippen LogP contribution is 2.67. The molecule has 4 N–H and O–H groups in total. The maximum Gasteiger partial charge on any atom is 0.323 e. The lowest BCUT2D eigenvalue weighted by atomic mass is 9.50. The molecular weight excluding hydrogens is 551 g/mol. The summed E-state index contributed by atoms with van der Waals surface area (Å²) >= 11 is 0. The van der Waals surface area contributed by atoms with Crippen LogP contribution in [-0.2, 0) is 20.8 Å². The molecule has 2 amide bonds. The van der Waals surface area contributed by atoms with Crippen LogP contribution in [0, 0.1) is 28.6 Å². The van der Waals surface area contributed by atoms with E-state index in [1.54, 1.807) is 5.57 Å². The van der Waals surface area contributed by atoms with Gasteiger partial charge in [0.2, 0.25) is 0 Å². The molecule has 1 heterocycles. The van der Waals surface area contributed by atoms with Crippen LogP contribution in [0.4, 0.5) is 9.18 Å². The minimum atomic E-state index is -1.30. The van der Waals surface area contributed by atoms with Crippen molar-refractivity contribution >= 4 is 12.0 Å². The molecule has 1 aromatic carbocycles. The number of fused-ring (bicyclic) bond motifs is 4. The van der Waals surface area contributed by atoms with Crippen molar-refractivity contribution in [2.75, 3.05) is 26.4 Å². The van der Waals surface area contributed by atoms with Crippen LogP contribution < -0.4 is 10.6 Å². The number of halogens is 1. The standard InChI is InChI=1S/C34H47FN2O6/c1-31(2)19-42-34(43-20-31)13-10-24-23(14-34)8-9-25-27-11-12-33(41,18-35)32(27,3)15-26(29(24)25)22-6-4-21(5-7-22)16-36-30(40)37-17-28(38)39/h4-7,23,25-27,41H,8-20H2,1-3H3,(H,38,39)(H2,36,37,40)/t23?,25?,26?,27?,32?,33-/m1/s1. The third-order valence-electron chi connectivity index (χ3n) is 11.6. The van der Waals surface area contributed by atoms with Crippen molar-refractivity contribution in [2.24, 2.45) is 28.6 Å². The molecule has 5 aliphatic rings. The van der Waals surface area contributed by atoms with Gasteiger partial charge in [-0.3, -0.25) is 4.79 Å². The number of ether oxygens (including phenoxy) is 2. The van der Waals surface area contributed by atoms with Crippen molar-refractivity contribution in [1.82, 2.24) is 10.6 Å². The second-order valence-corrected chi connectivity index (χ2v) is 14.9. The lowest BCUT2D eigenvalue weighted by molar-refractivity contribution is -0.312. The van der Waals surface area contributed by atoms with Gasteiger partial charge in [-0.2, -0.15) is 0 Å². The lowest BCUT2D eigenvalue weighted by Gasteiger charge is -2.56. The number of amides is 2. The highest BCUT2D eigenvalue weighted by molar-refractivity contribution is 5.79. The van der Waals surface area contributed by atoms with Crippen molar-refractivity contribution in [3.05, 3.63) is 46.5 Å². The summed E-state index contributed by atoms with van der Waals surface area (Å²) in [5.74, 6) is -0.511. The van der Waals surface area contributed by atoms with Crippen LogP contribution >= 0.6 is 0 Å². The number of hydrogen-bond donors (Lipinski definition) is 4. The Kier molecular flexibility index (Phi) is 7.91. The molecule has 1 saturated heterocycles. The van der Waals surface area contributed by atoms with Gasteiger partial charge >= 0.3 is 12.0 Å². The van der Waals surface area contributed by atoms with Crippen LogP contribution in [0.25, 0.3) is 0 Å². The topological polar surface area (TPSA) is 117 Å². The molecule has 0 aromatic heterocycles. The number of hydrogen-bond acceptors (Lipinski definition) is 5. The van der Waals surface area contributed by atoms with E-state index in [-0.39, 0.29) is 23.8 Å². The SMILES string of the molecule is CC1(C)COC2(CCC3=C4C(c5ccc(CNC(=O)NCC(=O)O)cc5)CC5(C)C(CC[C@@]5(O)CF)C4CCC3C2)OC1. The second kappa shape index (κ2) is 11.1. The minimum Gasteiger partial charge on any atom is -0.480 e. The number of rotatable bonds is 6. The molecule has 4 aliphatic carbocycles. The zero-order chi connectivity index (χ0) is 30.6. The van der Waals surface area contributed by atoms with E-state index < -0.39 is 42.0 Å². The largest absolute Gasteiger partial charge is 0.480 e. The molecule has 236 valence electrons. The Morgan fingerprint density at radius 2 is 1.72 bits per heavy atom. The predicted molar refractivity (Wildman–Crippen MR) is 159 cm³/mol. The van der Waals surface area contributed by atoms with Gasteiger partial charge in [-0.15, -0.1) is 0 Å². The third-order valence-corrected chi connectivity index (χ3v) is 11.6. The van der Waals surface area contributed by atoms with Gasteiger partial charge in [0.25, 0.3) is 0 Å². The van der Waals surface area contributed by atoms with Crippen molar-refractivity contribution in [2.45, 2.75) is 96.0 Å². The first kappa shape index (κ1) is 30.5. The molecule has 1 spiro atoms. The fourth-order valence-corrected chi connectivity index (χ4v) is 9.11. The Morgan fingerprint density at radius 3 is 2.40 bits per heavy atom. The number of allylic oxidation sites excluding steroid dienone is 2. The summed E-state index contributed by atoms with van der Waals surface area (Å²) in [4.78, 5) is 22.6. The molecule has 6 rings (SSSR count). The number of aliphatic hydroxyl groups is 1. The van der Waals surface area contributed by atoms with Crippen LogP contribution in [0.15, 0.2) is 35.4 Å². The Morgan fingerprint density at radius 1 is 1.00 bits per heavy atom. The van der Waals surface area contributed by atoms with Gasteiger partial charge < -0.3 is 30.3 Å². The number of carboxylic acid groups (broad SMARTS) is 1. The first-order chi connectivity index (χ1) is 20.4. The molecule has 1 aromatic rings. The molecule has 0 bridgehead atoms.